The molecule has 1 aliphatic carbocycles. The summed E-state index contributed by atoms with van der Waals surface area (Å²) in [5, 5.41) is 4.63. The molecule has 0 saturated carbocycles. The number of rotatable bonds is 2. The molecule has 33 heavy (non-hydrogen) atoms. The molecule has 1 atom stereocenters. The summed E-state index contributed by atoms with van der Waals surface area (Å²) in [6, 6.07) is 12.1. The van der Waals surface area contributed by atoms with E-state index in [-0.39, 0.29) is 17.1 Å². The molecule has 0 amide bonds. The molecule has 4 heterocycles. The van der Waals surface area contributed by atoms with Gasteiger partial charge in [-0.25, -0.2) is 14.5 Å². The van der Waals surface area contributed by atoms with Crippen molar-refractivity contribution in [2.24, 2.45) is 5.41 Å². The Morgan fingerprint density at radius 1 is 1.12 bits per heavy atom. The summed E-state index contributed by atoms with van der Waals surface area (Å²) in [5.41, 5.74) is 4.96. The van der Waals surface area contributed by atoms with Gasteiger partial charge in [0, 0.05) is 42.3 Å². The van der Waals surface area contributed by atoms with Gasteiger partial charge in [-0.3, -0.25) is 9.78 Å². The van der Waals surface area contributed by atoms with E-state index in [2.05, 4.69) is 60.1 Å². The Bertz CT molecular complexity index is 1440. The van der Waals surface area contributed by atoms with Crippen LogP contribution in [0.3, 0.4) is 0 Å². The maximum absolute atomic E-state index is 13.5. The number of hydrogen-bond acceptors (Lipinski definition) is 6. The molecule has 1 aliphatic heterocycles. The van der Waals surface area contributed by atoms with Crippen LogP contribution < -0.4 is 4.74 Å². The number of benzene rings is 1. The molecule has 1 aromatic carbocycles. The van der Waals surface area contributed by atoms with Crippen LogP contribution in [0, 0.1) is 12.3 Å². The molecule has 164 valence electrons. The van der Waals surface area contributed by atoms with E-state index < -0.39 is 0 Å². The van der Waals surface area contributed by atoms with Crippen LogP contribution in [-0.2, 0) is 4.79 Å². The Hall–Kier alpha value is -3.87. The van der Waals surface area contributed by atoms with Gasteiger partial charge in [-0.2, -0.15) is 0 Å². The molecule has 0 fully saturated rings. The zero-order chi connectivity index (χ0) is 22.7. The highest BCUT2D eigenvalue weighted by Gasteiger charge is 2.43. The molecule has 4 aromatic rings. The third-order valence-electron chi connectivity index (χ3n) is 6.39. The quantitative estimate of drug-likeness (QED) is 0.454. The molecule has 0 bridgehead atoms. The van der Waals surface area contributed by atoms with Crippen LogP contribution in [0.5, 0.6) is 5.88 Å². The summed E-state index contributed by atoms with van der Waals surface area (Å²) >= 11 is 0. The van der Waals surface area contributed by atoms with Crippen molar-refractivity contribution in [3.05, 3.63) is 83.1 Å². The lowest BCUT2D eigenvalue weighted by atomic mass is 9.70. The van der Waals surface area contributed by atoms with E-state index in [4.69, 9.17) is 9.72 Å². The first kappa shape index (κ1) is 19.8. The van der Waals surface area contributed by atoms with Gasteiger partial charge in [0.05, 0.1) is 5.56 Å². The van der Waals surface area contributed by atoms with E-state index in [1.807, 2.05) is 12.1 Å². The van der Waals surface area contributed by atoms with Crippen LogP contribution in [0.15, 0.2) is 66.5 Å². The fourth-order valence-corrected chi connectivity index (χ4v) is 4.86. The van der Waals surface area contributed by atoms with Gasteiger partial charge in [0.25, 0.3) is 0 Å². The first-order chi connectivity index (χ1) is 15.9. The maximum atomic E-state index is 13.5. The molecule has 0 saturated heterocycles. The van der Waals surface area contributed by atoms with E-state index in [1.165, 1.54) is 0 Å². The summed E-state index contributed by atoms with van der Waals surface area (Å²) in [6.07, 6.45) is 6.24. The third-order valence-corrected chi connectivity index (χ3v) is 6.39. The van der Waals surface area contributed by atoms with Gasteiger partial charge in [-0.1, -0.05) is 43.7 Å². The fourth-order valence-electron chi connectivity index (χ4n) is 4.86. The van der Waals surface area contributed by atoms with E-state index in [1.54, 1.807) is 23.2 Å². The molecular formula is C26H23N5O2. The highest BCUT2D eigenvalue weighted by molar-refractivity contribution is 6.00. The predicted octanol–water partition coefficient (Wildman–Crippen LogP) is 4.66. The molecule has 3 aromatic heterocycles. The van der Waals surface area contributed by atoms with Crippen molar-refractivity contribution in [1.29, 1.82) is 0 Å². The van der Waals surface area contributed by atoms with Crippen LogP contribution in [0.1, 0.15) is 49.3 Å². The van der Waals surface area contributed by atoms with Crippen LogP contribution in [0.4, 0.5) is 0 Å². The third kappa shape index (κ3) is 3.23. The van der Waals surface area contributed by atoms with E-state index in [0.29, 0.717) is 35.8 Å². The Labute approximate surface area is 191 Å². The summed E-state index contributed by atoms with van der Waals surface area (Å²) in [7, 11) is 0. The van der Waals surface area contributed by atoms with Crippen molar-refractivity contribution in [3.63, 3.8) is 0 Å². The zero-order valence-electron chi connectivity index (χ0n) is 18.7. The number of aromatic nitrogens is 5. The van der Waals surface area contributed by atoms with Crippen LogP contribution >= 0.6 is 0 Å². The first-order valence-electron chi connectivity index (χ1n) is 11.1. The maximum Gasteiger partial charge on any atom is 0.228 e. The van der Waals surface area contributed by atoms with Gasteiger partial charge < -0.3 is 4.74 Å². The second-order valence-electron chi connectivity index (χ2n) is 9.63. The van der Waals surface area contributed by atoms with E-state index in [9.17, 15) is 4.79 Å². The lowest BCUT2D eigenvalue weighted by molar-refractivity contribution is -0.118. The second-order valence-corrected chi connectivity index (χ2v) is 9.63. The van der Waals surface area contributed by atoms with Crippen molar-refractivity contribution in [3.8, 4) is 17.3 Å². The first-order valence-corrected chi connectivity index (χ1v) is 11.1. The summed E-state index contributed by atoms with van der Waals surface area (Å²) in [4.78, 5) is 27.1. The number of nitrogens with zero attached hydrogens (tertiary/aromatic N) is 5. The minimum Gasteiger partial charge on any atom is -0.442 e. The number of hydrogen-bond donors (Lipinski definition) is 0. The van der Waals surface area contributed by atoms with Gasteiger partial charge in [0.15, 0.2) is 17.3 Å². The van der Waals surface area contributed by atoms with Gasteiger partial charge >= 0.3 is 0 Å². The SMILES string of the molecule is Cc1ccc(C2C3=C(CC(C)(C)CC3=O)Oc3ncn4nc(-c5cccnc5)nc4c32)cc1. The standard InChI is InChI=1S/C26H23N5O2/c1-15-6-8-16(9-7-15)20-21-18(32)11-26(2,3)12-19(21)33-25-22(20)24-29-23(30-31(24)14-28-25)17-5-4-10-27-13-17/h4-10,13-14,20H,11-12H2,1-3H3. The Kier molecular flexibility index (Phi) is 4.24. The number of pyridine rings is 1. The van der Waals surface area contributed by atoms with Gasteiger partial charge in [-0.15, -0.1) is 5.10 Å². The largest absolute Gasteiger partial charge is 0.442 e. The lowest BCUT2D eigenvalue weighted by Crippen LogP contribution is -2.33. The number of ether oxygens (including phenoxy) is 1. The normalized spacial score (nSPS) is 19.2. The van der Waals surface area contributed by atoms with Crippen molar-refractivity contribution in [1.82, 2.24) is 24.6 Å². The Balaban J connectivity index is 1.61. The summed E-state index contributed by atoms with van der Waals surface area (Å²) < 4.78 is 7.96. The second kappa shape index (κ2) is 7.07. The number of Topliss-reactive ketones (excluding diaryl/α,β-unsaturated/α-hetero) is 1. The minimum absolute atomic E-state index is 0.117. The smallest absolute Gasteiger partial charge is 0.228 e. The van der Waals surface area contributed by atoms with E-state index >= 15 is 0 Å². The number of ketones is 1. The minimum atomic E-state index is -0.310. The number of carbonyl (C=O) groups is 1. The van der Waals surface area contributed by atoms with Crippen molar-refractivity contribution < 1.29 is 9.53 Å². The highest BCUT2D eigenvalue weighted by atomic mass is 16.5. The lowest BCUT2D eigenvalue weighted by Gasteiger charge is -2.37. The summed E-state index contributed by atoms with van der Waals surface area (Å²) in [6.45, 7) is 6.26. The topological polar surface area (TPSA) is 82.3 Å². The van der Waals surface area contributed by atoms with Crippen molar-refractivity contribution in [2.45, 2.75) is 39.5 Å². The molecule has 0 N–H and O–H groups in total. The molecular weight excluding hydrogens is 414 g/mol. The number of fused-ring (bicyclic) bond motifs is 3. The average Bonchev–Trinajstić information content (AvgIpc) is 3.23. The highest BCUT2D eigenvalue weighted by Crippen LogP contribution is 2.50. The number of aryl methyl sites for hydroxylation is 1. The van der Waals surface area contributed by atoms with Gasteiger partial charge in [-0.05, 0) is 30.0 Å². The average molecular weight is 438 g/mol. The zero-order valence-corrected chi connectivity index (χ0v) is 18.7. The van der Waals surface area contributed by atoms with Crippen molar-refractivity contribution in [2.75, 3.05) is 0 Å². The Morgan fingerprint density at radius 3 is 2.70 bits per heavy atom. The van der Waals surface area contributed by atoms with Crippen LogP contribution in [0.2, 0.25) is 0 Å². The molecule has 0 radical (unpaired) electrons. The molecule has 1 unspecified atom stereocenters. The number of allylic oxidation sites excluding steroid dienone is 2. The van der Waals surface area contributed by atoms with Crippen LogP contribution in [0.25, 0.3) is 17.0 Å². The molecule has 7 heteroatoms. The molecule has 2 aliphatic rings. The van der Waals surface area contributed by atoms with E-state index in [0.717, 1.165) is 28.0 Å². The monoisotopic (exact) mass is 437 g/mol. The Morgan fingerprint density at radius 2 is 1.94 bits per heavy atom. The fraction of sp³-hybridized carbons (Fsp3) is 0.269. The number of carbonyl (C=O) groups excluding carboxylic acids is 1. The predicted molar refractivity (Wildman–Crippen MR) is 123 cm³/mol. The van der Waals surface area contributed by atoms with Gasteiger partial charge in [0.1, 0.15) is 12.1 Å². The van der Waals surface area contributed by atoms with Crippen molar-refractivity contribution >= 4 is 11.4 Å². The molecule has 6 rings (SSSR count). The molecule has 0 spiro atoms. The van der Waals surface area contributed by atoms with Crippen LogP contribution in [-0.4, -0.2) is 30.3 Å². The molecule has 7 nitrogen and oxygen atoms in total. The van der Waals surface area contributed by atoms with Gasteiger partial charge in [0.2, 0.25) is 5.88 Å². The summed E-state index contributed by atoms with van der Waals surface area (Å²) in [5.74, 6) is 1.57.